The number of aliphatic hydroxyl groups is 7. The van der Waals surface area contributed by atoms with E-state index >= 15 is 0 Å². The molecule has 66 heavy (non-hydrogen) atoms. The number of unbranched alkanes of at least 4 members (excludes halogenated alkanes) is 28. The van der Waals surface area contributed by atoms with Crippen LogP contribution in [0.25, 0.3) is 0 Å². The molecular formula is C51H96O15. The summed E-state index contributed by atoms with van der Waals surface area (Å²) in [6.07, 6.45) is 20.0. The quantitative estimate of drug-likeness (QED) is 0.0231. The number of ether oxygens (including phenoxy) is 6. The molecule has 0 saturated carbocycles. The summed E-state index contributed by atoms with van der Waals surface area (Å²) in [5.74, 6) is -0.911. The van der Waals surface area contributed by atoms with Gasteiger partial charge in [0.05, 0.1) is 19.8 Å². The third-order valence-corrected chi connectivity index (χ3v) is 13.1. The van der Waals surface area contributed by atoms with Gasteiger partial charge in [-0.3, -0.25) is 9.59 Å². The lowest BCUT2D eigenvalue weighted by Gasteiger charge is -2.42. The lowest BCUT2D eigenvalue weighted by Crippen LogP contribution is -2.61. The van der Waals surface area contributed by atoms with E-state index in [1.54, 1.807) is 0 Å². The second kappa shape index (κ2) is 39.2. The Morgan fingerprint density at radius 1 is 0.424 bits per heavy atom. The largest absolute Gasteiger partial charge is 0.462 e. The van der Waals surface area contributed by atoms with Crippen LogP contribution in [0.1, 0.15) is 219 Å². The van der Waals surface area contributed by atoms with Gasteiger partial charge in [-0.1, -0.05) is 194 Å². The van der Waals surface area contributed by atoms with Crippen LogP contribution in [0.5, 0.6) is 0 Å². The Labute approximate surface area is 398 Å². The van der Waals surface area contributed by atoms with Crippen molar-refractivity contribution in [3.05, 3.63) is 0 Å². The second-order valence-corrected chi connectivity index (χ2v) is 19.1. The number of rotatable bonds is 42. The highest BCUT2D eigenvalue weighted by Gasteiger charge is 2.47. The van der Waals surface area contributed by atoms with E-state index in [1.165, 1.54) is 141 Å². The highest BCUT2D eigenvalue weighted by atomic mass is 16.7. The van der Waals surface area contributed by atoms with Crippen molar-refractivity contribution in [3.8, 4) is 0 Å². The van der Waals surface area contributed by atoms with Gasteiger partial charge in [0.15, 0.2) is 18.7 Å². The fourth-order valence-electron chi connectivity index (χ4n) is 8.69. The Balaban J connectivity index is 1.74. The zero-order valence-electron chi connectivity index (χ0n) is 41.2. The van der Waals surface area contributed by atoms with Crippen molar-refractivity contribution in [1.29, 1.82) is 0 Å². The topological polar surface area (TPSA) is 231 Å². The molecule has 15 heteroatoms. The van der Waals surface area contributed by atoms with Gasteiger partial charge in [0.25, 0.3) is 0 Å². The molecule has 2 heterocycles. The first kappa shape index (κ1) is 60.6. The van der Waals surface area contributed by atoms with Crippen molar-refractivity contribution < 1.29 is 73.8 Å². The number of carbonyl (C=O) groups excluding carboxylic acids is 2. The molecule has 0 bridgehead atoms. The minimum Gasteiger partial charge on any atom is -0.462 e. The third-order valence-electron chi connectivity index (χ3n) is 13.1. The monoisotopic (exact) mass is 949 g/mol. The van der Waals surface area contributed by atoms with Crippen LogP contribution < -0.4 is 0 Å². The highest BCUT2D eigenvalue weighted by Crippen LogP contribution is 2.27. The van der Waals surface area contributed by atoms with E-state index in [9.17, 15) is 45.3 Å². The van der Waals surface area contributed by atoms with Crippen LogP contribution in [-0.2, 0) is 38.0 Å². The van der Waals surface area contributed by atoms with Crippen molar-refractivity contribution in [2.75, 3.05) is 26.4 Å². The molecule has 4 unspecified atom stereocenters. The van der Waals surface area contributed by atoms with E-state index in [2.05, 4.69) is 13.8 Å². The smallest absolute Gasteiger partial charge is 0.306 e. The van der Waals surface area contributed by atoms with Crippen LogP contribution in [-0.4, -0.2) is 142 Å². The molecule has 2 aliphatic rings. The van der Waals surface area contributed by atoms with Gasteiger partial charge in [0, 0.05) is 12.8 Å². The molecule has 7 N–H and O–H groups in total. The van der Waals surface area contributed by atoms with Gasteiger partial charge in [-0.25, -0.2) is 0 Å². The van der Waals surface area contributed by atoms with Crippen LogP contribution in [0.2, 0.25) is 0 Å². The molecule has 2 saturated heterocycles. The number of carbonyl (C=O) groups is 2. The molecular weight excluding hydrogens is 853 g/mol. The Kier molecular flexibility index (Phi) is 36.0. The van der Waals surface area contributed by atoms with E-state index < -0.39 is 92.7 Å². The minimum atomic E-state index is -1.76. The van der Waals surface area contributed by atoms with Gasteiger partial charge in [-0.05, 0) is 12.8 Å². The molecule has 0 aliphatic carbocycles. The summed E-state index contributed by atoms with van der Waals surface area (Å²) in [4.78, 5) is 25.7. The van der Waals surface area contributed by atoms with Gasteiger partial charge in [0.2, 0.25) is 0 Å². The molecule has 0 amide bonds. The molecule has 0 aromatic rings. The van der Waals surface area contributed by atoms with Crippen LogP contribution in [0.15, 0.2) is 0 Å². The fourth-order valence-corrected chi connectivity index (χ4v) is 8.69. The van der Waals surface area contributed by atoms with Gasteiger partial charge >= 0.3 is 11.9 Å². The van der Waals surface area contributed by atoms with E-state index in [4.69, 9.17) is 28.4 Å². The summed E-state index contributed by atoms with van der Waals surface area (Å²) in [7, 11) is 0. The van der Waals surface area contributed by atoms with Crippen molar-refractivity contribution in [1.82, 2.24) is 0 Å². The van der Waals surface area contributed by atoms with Crippen LogP contribution in [0, 0.1) is 0 Å². The van der Waals surface area contributed by atoms with E-state index in [1.807, 2.05) is 0 Å². The van der Waals surface area contributed by atoms with Crippen molar-refractivity contribution in [2.45, 2.75) is 287 Å². The van der Waals surface area contributed by atoms with Crippen molar-refractivity contribution in [3.63, 3.8) is 0 Å². The SMILES string of the molecule is CCCCCCCCCCCCCCCCCCCCCCC(=O)OC[C@H](CO[C@H]1O[C@@H](CO[C@H]2O[C@@H](CO)[C@@H](O)C(O)C2O)[C@@H](O)C(O)C1O)OC(=O)CCCCCCCCCCCC. The third kappa shape index (κ3) is 27.0. The normalized spacial score (nSPS) is 26.1. The lowest BCUT2D eigenvalue weighted by atomic mass is 9.98. The minimum absolute atomic E-state index is 0.172. The van der Waals surface area contributed by atoms with Gasteiger partial charge in [-0.15, -0.1) is 0 Å². The van der Waals surface area contributed by atoms with Crippen molar-refractivity contribution in [2.24, 2.45) is 0 Å². The first-order valence-electron chi connectivity index (χ1n) is 26.6. The summed E-state index contributed by atoms with van der Waals surface area (Å²) >= 11 is 0. The predicted octanol–water partition coefficient (Wildman–Crippen LogP) is 7.61. The maximum Gasteiger partial charge on any atom is 0.306 e. The van der Waals surface area contributed by atoms with Gasteiger partial charge in [0.1, 0.15) is 55.4 Å². The van der Waals surface area contributed by atoms with E-state index in [0.717, 1.165) is 38.5 Å². The number of hydrogen-bond acceptors (Lipinski definition) is 15. The van der Waals surface area contributed by atoms with Crippen LogP contribution in [0.3, 0.4) is 0 Å². The molecule has 2 rings (SSSR count). The Morgan fingerprint density at radius 3 is 1.18 bits per heavy atom. The average Bonchev–Trinajstić information content (AvgIpc) is 3.31. The standard InChI is InChI=1S/C51H96O15/c1-3-5-7-9-11-13-15-16-17-18-19-20-21-22-23-24-26-27-29-31-33-42(53)61-36-39(64-43(54)34-32-30-28-25-14-12-10-8-6-4-2)37-62-50-49(60)47(58)45(56)41(66-50)38-63-51-48(59)46(57)44(55)40(35-52)65-51/h39-41,44-52,55-60H,3-38H2,1-2H3/t39-,40+,41+,44-,45-,46?,47?,48?,49?,50+,51+/m1/s1. The number of aliphatic hydroxyl groups excluding tert-OH is 7. The molecule has 2 fully saturated rings. The first-order chi connectivity index (χ1) is 32.0. The molecule has 0 spiro atoms. The number of esters is 2. The van der Waals surface area contributed by atoms with Crippen molar-refractivity contribution >= 4 is 11.9 Å². The van der Waals surface area contributed by atoms with E-state index in [0.29, 0.717) is 12.8 Å². The number of hydrogen-bond donors (Lipinski definition) is 7. The summed E-state index contributed by atoms with van der Waals surface area (Å²) < 4.78 is 33.6. The van der Waals surface area contributed by atoms with Crippen LogP contribution >= 0.6 is 0 Å². The molecule has 390 valence electrons. The highest BCUT2D eigenvalue weighted by molar-refractivity contribution is 5.70. The van der Waals surface area contributed by atoms with E-state index in [-0.39, 0.29) is 26.1 Å². The molecule has 0 radical (unpaired) electrons. The lowest BCUT2D eigenvalue weighted by molar-refractivity contribution is -0.332. The summed E-state index contributed by atoms with van der Waals surface area (Å²) in [6, 6.07) is 0. The second-order valence-electron chi connectivity index (χ2n) is 19.1. The zero-order valence-corrected chi connectivity index (χ0v) is 41.2. The average molecular weight is 949 g/mol. The maximum absolute atomic E-state index is 12.9. The Morgan fingerprint density at radius 2 is 0.773 bits per heavy atom. The predicted molar refractivity (Wildman–Crippen MR) is 252 cm³/mol. The first-order valence-corrected chi connectivity index (χ1v) is 26.6. The summed E-state index contributed by atoms with van der Waals surface area (Å²) in [5, 5.41) is 72.0. The Hall–Kier alpha value is -1.50. The van der Waals surface area contributed by atoms with Gasteiger partial charge < -0.3 is 64.2 Å². The summed E-state index contributed by atoms with van der Waals surface area (Å²) in [6.45, 7) is 2.61. The molecule has 2 aliphatic heterocycles. The molecule has 0 aromatic heterocycles. The molecule has 11 atom stereocenters. The summed E-state index contributed by atoms with van der Waals surface area (Å²) in [5.41, 5.74) is 0. The molecule has 0 aromatic carbocycles. The molecule has 15 nitrogen and oxygen atoms in total. The zero-order chi connectivity index (χ0) is 48.2. The van der Waals surface area contributed by atoms with Crippen LogP contribution in [0.4, 0.5) is 0 Å². The fraction of sp³-hybridized carbons (Fsp3) is 0.961. The Bertz CT molecular complexity index is 1160. The van der Waals surface area contributed by atoms with Gasteiger partial charge in [-0.2, -0.15) is 0 Å². The maximum atomic E-state index is 12.9.